The van der Waals surface area contributed by atoms with E-state index in [0.29, 0.717) is 13.2 Å². The molecule has 0 aliphatic heterocycles. The summed E-state index contributed by atoms with van der Waals surface area (Å²) in [6.45, 7) is 1.03. The molecular weight excluding hydrogens is 893 g/mol. The molecule has 0 fully saturated rings. The van der Waals surface area contributed by atoms with Gasteiger partial charge in [-0.2, -0.15) is 0 Å². The van der Waals surface area contributed by atoms with Crippen LogP contribution in [0.1, 0.15) is 46.2 Å². The standard InChI is InChI=1S/C67H56O2Si2/c1-7-28-53(29-8-1)70(54-30-9-2-10-31-54,55-32-11-3-12-33-55)68-47-25-46-67(65-44-23-42-61-59-40-21-19-26-51(59)48-63(61)65,66-45-24-43-62-60-41-22-20-27-52(60)49-64(62)66)50-69-71(56-34-13-4-14-35-56,57-36-15-5-16-37-57)58-38-17-6-18-39-58/h1-24,26-45H,25,46-50H2. The lowest BCUT2D eigenvalue weighted by molar-refractivity contribution is 0.216. The van der Waals surface area contributed by atoms with E-state index in [9.17, 15) is 0 Å². The zero-order chi connectivity index (χ0) is 47.5. The van der Waals surface area contributed by atoms with Crippen molar-refractivity contribution in [3.63, 3.8) is 0 Å². The van der Waals surface area contributed by atoms with Crippen molar-refractivity contribution in [2.45, 2.75) is 31.1 Å². The lowest BCUT2D eigenvalue weighted by atomic mass is 9.68. The zero-order valence-corrected chi connectivity index (χ0v) is 42.0. The highest BCUT2D eigenvalue weighted by Crippen LogP contribution is 2.50. The minimum atomic E-state index is -3.21. The van der Waals surface area contributed by atoms with Crippen LogP contribution in [0.3, 0.4) is 0 Å². The SMILES string of the molecule is c1ccc([Si](OCCCC(CO[Si](c2ccccc2)(c2ccccc2)c2ccccc2)(c2cccc3c2Cc2ccccc2-3)c2cccc3c2Cc2ccccc2-3)(c2ccccc2)c2ccccc2)cc1. The number of fused-ring (bicyclic) bond motifs is 6. The third-order valence-electron chi connectivity index (χ3n) is 15.4. The van der Waals surface area contributed by atoms with Crippen molar-refractivity contribution in [2.24, 2.45) is 0 Å². The van der Waals surface area contributed by atoms with Crippen LogP contribution in [0.5, 0.6) is 0 Å². The fourth-order valence-electron chi connectivity index (χ4n) is 12.2. The fourth-order valence-corrected chi connectivity index (χ4v) is 20.1. The average Bonchev–Trinajstić information content (AvgIpc) is 4.03. The van der Waals surface area contributed by atoms with Crippen LogP contribution in [-0.4, -0.2) is 29.8 Å². The Hall–Kier alpha value is -7.45. The molecular formula is C67H56O2Si2. The molecule has 0 atom stereocenters. The second-order valence-corrected chi connectivity index (χ2v) is 26.0. The quantitative estimate of drug-likeness (QED) is 0.0546. The van der Waals surface area contributed by atoms with Gasteiger partial charge in [0.25, 0.3) is 16.6 Å². The van der Waals surface area contributed by atoms with Crippen molar-refractivity contribution >= 4 is 47.8 Å². The van der Waals surface area contributed by atoms with Gasteiger partial charge in [-0.3, -0.25) is 0 Å². The number of hydrogen-bond donors (Lipinski definition) is 0. The van der Waals surface area contributed by atoms with E-state index in [2.05, 4.69) is 267 Å². The maximum Gasteiger partial charge on any atom is 0.288 e. The van der Waals surface area contributed by atoms with E-state index >= 15 is 0 Å². The Bertz CT molecular complexity index is 3130. The Balaban J connectivity index is 1.07. The molecule has 2 aliphatic rings. The highest BCUT2D eigenvalue weighted by atomic mass is 28.4. The molecule has 0 aromatic heterocycles. The largest absolute Gasteiger partial charge is 0.404 e. The lowest BCUT2D eigenvalue weighted by Crippen LogP contribution is -2.70. The molecule has 10 aromatic carbocycles. The van der Waals surface area contributed by atoms with Gasteiger partial charge in [0.05, 0.1) is 0 Å². The number of benzene rings is 10. The van der Waals surface area contributed by atoms with Crippen LogP contribution in [0, 0.1) is 0 Å². The van der Waals surface area contributed by atoms with E-state index in [-0.39, 0.29) is 0 Å². The average molecular weight is 949 g/mol. The van der Waals surface area contributed by atoms with Crippen LogP contribution in [0.25, 0.3) is 22.3 Å². The Morgan fingerprint density at radius 2 is 0.620 bits per heavy atom. The molecule has 2 nitrogen and oxygen atoms in total. The summed E-state index contributed by atoms with van der Waals surface area (Å²) in [6, 6.07) is 98.6. The summed E-state index contributed by atoms with van der Waals surface area (Å²) in [4.78, 5) is 0. The normalized spacial score (nSPS) is 12.7. The molecule has 0 saturated heterocycles. The van der Waals surface area contributed by atoms with Gasteiger partial charge in [0.2, 0.25) is 0 Å². The zero-order valence-electron chi connectivity index (χ0n) is 40.0. The van der Waals surface area contributed by atoms with Gasteiger partial charge in [-0.25, -0.2) is 0 Å². The molecule has 12 rings (SSSR count). The Kier molecular flexibility index (Phi) is 12.2. The van der Waals surface area contributed by atoms with E-state index in [1.165, 1.54) is 86.8 Å². The van der Waals surface area contributed by atoms with Crippen LogP contribution in [0.2, 0.25) is 0 Å². The second-order valence-electron chi connectivity index (χ2n) is 19.2. The van der Waals surface area contributed by atoms with E-state index in [1.807, 2.05) is 0 Å². The highest BCUT2D eigenvalue weighted by Gasteiger charge is 2.48. The molecule has 0 bridgehead atoms. The van der Waals surface area contributed by atoms with Crippen molar-refractivity contribution in [3.8, 4) is 22.3 Å². The molecule has 0 spiro atoms. The summed E-state index contributed by atoms with van der Waals surface area (Å²) in [6.07, 6.45) is 3.35. The Morgan fingerprint density at radius 3 is 0.986 bits per heavy atom. The Morgan fingerprint density at radius 1 is 0.310 bits per heavy atom. The molecule has 71 heavy (non-hydrogen) atoms. The van der Waals surface area contributed by atoms with Gasteiger partial charge < -0.3 is 8.85 Å². The van der Waals surface area contributed by atoms with E-state index < -0.39 is 22.0 Å². The van der Waals surface area contributed by atoms with Gasteiger partial charge in [0, 0.05) is 18.6 Å². The predicted octanol–water partition coefficient (Wildman–Crippen LogP) is 11.3. The maximum atomic E-state index is 8.35. The summed E-state index contributed by atoms with van der Waals surface area (Å²) in [5.41, 5.74) is 13.0. The number of rotatable bonds is 16. The van der Waals surface area contributed by atoms with Gasteiger partial charge in [0.1, 0.15) is 0 Å². The smallest absolute Gasteiger partial charge is 0.288 e. The highest BCUT2D eigenvalue weighted by molar-refractivity contribution is 7.07. The summed E-state index contributed by atoms with van der Waals surface area (Å²) < 4.78 is 16.2. The molecule has 0 saturated carbocycles. The van der Waals surface area contributed by atoms with E-state index in [0.717, 1.165) is 25.7 Å². The van der Waals surface area contributed by atoms with Crippen LogP contribution in [-0.2, 0) is 27.1 Å². The first kappa shape index (κ1) is 44.7. The summed E-state index contributed by atoms with van der Waals surface area (Å²) in [7, 11) is -6.22. The van der Waals surface area contributed by atoms with Gasteiger partial charge in [-0.15, -0.1) is 0 Å². The molecule has 0 heterocycles. The third kappa shape index (κ3) is 7.89. The topological polar surface area (TPSA) is 18.5 Å². The van der Waals surface area contributed by atoms with Crippen LogP contribution >= 0.6 is 0 Å². The second kappa shape index (κ2) is 19.4. The first-order valence-corrected chi connectivity index (χ1v) is 29.0. The maximum absolute atomic E-state index is 8.35. The number of hydrogen-bond acceptors (Lipinski definition) is 2. The summed E-state index contributed by atoms with van der Waals surface area (Å²) >= 11 is 0. The van der Waals surface area contributed by atoms with Crippen molar-refractivity contribution in [1.29, 1.82) is 0 Å². The lowest BCUT2D eigenvalue weighted by Gasteiger charge is -2.42. The van der Waals surface area contributed by atoms with Crippen LogP contribution in [0.4, 0.5) is 0 Å². The Labute approximate surface area is 421 Å². The van der Waals surface area contributed by atoms with Crippen molar-refractivity contribution < 1.29 is 8.85 Å². The minimum absolute atomic E-state index is 0.468. The van der Waals surface area contributed by atoms with E-state index in [4.69, 9.17) is 8.85 Å². The summed E-state index contributed by atoms with van der Waals surface area (Å²) in [5, 5.41) is 7.43. The molecule has 0 unspecified atom stereocenters. The molecule has 0 radical (unpaired) electrons. The molecule has 344 valence electrons. The monoisotopic (exact) mass is 948 g/mol. The molecule has 2 aliphatic carbocycles. The molecule has 0 N–H and O–H groups in total. The molecule has 0 amide bonds. The minimum Gasteiger partial charge on any atom is -0.404 e. The van der Waals surface area contributed by atoms with Crippen molar-refractivity contribution in [2.75, 3.05) is 13.2 Å². The molecule has 10 aromatic rings. The first-order valence-electron chi connectivity index (χ1n) is 25.2. The van der Waals surface area contributed by atoms with Gasteiger partial charge in [-0.1, -0.05) is 267 Å². The third-order valence-corrected chi connectivity index (χ3v) is 23.5. The van der Waals surface area contributed by atoms with Crippen molar-refractivity contribution in [3.05, 3.63) is 300 Å². The van der Waals surface area contributed by atoms with Crippen LogP contribution in [0.15, 0.2) is 267 Å². The van der Waals surface area contributed by atoms with E-state index in [1.54, 1.807) is 0 Å². The first-order chi connectivity index (χ1) is 35.2. The molecule has 4 heteroatoms. The van der Waals surface area contributed by atoms with Crippen LogP contribution < -0.4 is 31.1 Å². The van der Waals surface area contributed by atoms with Crippen molar-refractivity contribution in [1.82, 2.24) is 0 Å². The van der Waals surface area contributed by atoms with Gasteiger partial charge in [-0.05, 0) is 112 Å². The van der Waals surface area contributed by atoms with Gasteiger partial charge in [0.15, 0.2) is 0 Å². The summed E-state index contributed by atoms with van der Waals surface area (Å²) in [5.74, 6) is 0. The fraction of sp³-hybridized carbons (Fsp3) is 0.104. The predicted molar refractivity (Wildman–Crippen MR) is 299 cm³/mol. The van der Waals surface area contributed by atoms with Gasteiger partial charge >= 0.3 is 0 Å².